The van der Waals surface area contributed by atoms with Crippen LogP contribution in [-0.4, -0.2) is 21.7 Å². The highest BCUT2D eigenvalue weighted by Gasteiger charge is 2.12. The molecule has 6 heteroatoms. The predicted molar refractivity (Wildman–Crippen MR) is 68.7 cm³/mol. The van der Waals surface area contributed by atoms with Gasteiger partial charge in [0.2, 0.25) is 0 Å². The van der Waals surface area contributed by atoms with Crippen LogP contribution in [0.1, 0.15) is 51.4 Å². The van der Waals surface area contributed by atoms with Crippen LogP contribution in [0.15, 0.2) is 0 Å². The minimum absolute atomic E-state index is 0.161. The van der Waals surface area contributed by atoms with E-state index in [1.807, 2.05) is 0 Å². The Kier molecular flexibility index (Phi) is 11.1. The molecule has 0 aliphatic carbocycles. The summed E-state index contributed by atoms with van der Waals surface area (Å²) in [6, 6.07) is 0. The number of hydrogen-bond donors (Lipinski definition) is 2. The van der Waals surface area contributed by atoms with E-state index in [-0.39, 0.29) is 6.61 Å². The molecule has 0 radical (unpaired) electrons. The van der Waals surface area contributed by atoms with Crippen LogP contribution in [-0.2, 0) is 9.09 Å². The molecule has 0 unspecified atom stereocenters. The fraction of sp³-hybridized carbons (Fsp3) is 1.00. The zero-order chi connectivity index (χ0) is 12.3. The van der Waals surface area contributed by atoms with Crippen molar-refractivity contribution in [1.29, 1.82) is 0 Å². The summed E-state index contributed by atoms with van der Waals surface area (Å²) in [5.74, 6) is 0. The molecule has 0 spiro atoms. The zero-order valence-corrected chi connectivity index (χ0v) is 12.1. The second-order valence-electron chi connectivity index (χ2n) is 3.84. The first-order valence-electron chi connectivity index (χ1n) is 5.82. The summed E-state index contributed by atoms with van der Waals surface area (Å²) in [6.07, 6.45) is 9.11. The minimum Gasteiger partial charge on any atom is -0.303 e. The van der Waals surface area contributed by atoms with Crippen LogP contribution in [0.3, 0.4) is 0 Å². The topological polar surface area (TPSA) is 66.8 Å². The van der Waals surface area contributed by atoms with Crippen molar-refractivity contribution in [3.8, 4) is 0 Å². The first kappa shape index (κ1) is 16.6. The molecule has 0 rings (SSSR count). The summed E-state index contributed by atoms with van der Waals surface area (Å²) in [7, 11) is -4.24. The molecule has 0 atom stereocenters. The zero-order valence-electron chi connectivity index (χ0n) is 9.61. The van der Waals surface area contributed by atoms with E-state index in [0.717, 1.165) is 24.6 Å². The Bertz CT molecular complexity index is 195. The molecule has 0 aromatic rings. The molecule has 0 saturated carbocycles. The van der Waals surface area contributed by atoms with E-state index in [1.165, 1.54) is 32.1 Å². The van der Waals surface area contributed by atoms with Crippen molar-refractivity contribution in [3.63, 3.8) is 0 Å². The Labute approximate surface area is 106 Å². The van der Waals surface area contributed by atoms with Gasteiger partial charge in [-0.05, 0) is 12.8 Å². The van der Waals surface area contributed by atoms with Gasteiger partial charge in [0.25, 0.3) is 0 Å². The lowest BCUT2D eigenvalue weighted by Gasteiger charge is -2.04. The van der Waals surface area contributed by atoms with Crippen LogP contribution in [0.2, 0.25) is 0 Å². The summed E-state index contributed by atoms with van der Waals surface area (Å²) in [4.78, 5) is 16.9. The van der Waals surface area contributed by atoms with Crippen molar-refractivity contribution in [2.75, 3.05) is 11.9 Å². The van der Waals surface area contributed by atoms with Gasteiger partial charge in [-0.25, -0.2) is 4.57 Å². The molecule has 0 bridgehead atoms. The number of phosphoric acid groups is 1. The van der Waals surface area contributed by atoms with Crippen LogP contribution in [0.4, 0.5) is 0 Å². The molecule has 0 heterocycles. The highest BCUT2D eigenvalue weighted by Crippen LogP contribution is 2.35. The van der Waals surface area contributed by atoms with Crippen molar-refractivity contribution in [2.45, 2.75) is 51.4 Å². The Morgan fingerprint density at radius 1 is 0.875 bits per heavy atom. The van der Waals surface area contributed by atoms with Crippen molar-refractivity contribution < 1.29 is 18.9 Å². The maximum atomic E-state index is 10.3. The summed E-state index contributed by atoms with van der Waals surface area (Å²) in [5, 5.41) is 1.09. The molecule has 16 heavy (non-hydrogen) atoms. The van der Waals surface area contributed by atoms with Crippen molar-refractivity contribution in [1.82, 2.24) is 0 Å². The molecular formula is C10H22BrO4P. The fourth-order valence-electron chi connectivity index (χ4n) is 1.44. The van der Waals surface area contributed by atoms with Gasteiger partial charge in [-0.15, -0.1) is 0 Å². The fourth-order valence-corrected chi connectivity index (χ4v) is 2.20. The summed E-state index contributed by atoms with van der Waals surface area (Å²) in [5.41, 5.74) is 0. The third kappa shape index (κ3) is 14.6. The second kappa shape index (κ2) is 10.7. The number of rotatable bonds is 11. The normalized spacial score (nSPS) is 11.9. The van der Waals surface area contributed by atoms with Crippen molar-refractivity contribution in [2.24, 2.45) is 0 Å². The lowest BCUT2D eigenvalue weighted by Crippen LogP contribution is -1.92. The summed E-state index contributed by atoms with van der Waals surface area (Å²) in [6.45, 7) is 0.161. The Morgan fingerprint density at radius 3 is 1.75 bits per heavy atom. The van der Waals surface area contributed by atoms with Crippen LogP contribution in [0, 0.1) is 0 Å². The van der Waals surface area contributed by atoms with Gasteiger partial charge in [-0.1, -0.05) is 54.5 Å². The van der Waals surface area contributed by atoms with Gasteiger partial charge in [-0.2, -0.15) is 0 Å². The molecule has 2 N–H and O–H groups in total. The molecule has 0 fully saturated rings. The first-order valence-corrected chi connectivity index (χ1v) is 8.47. The van der Waals surface area contributed by atoms with Gasteiger partial charge < -0.3 is 9.79 Å². The standard InChI is InChI=1S/C10H22BrO4P/c11-9-7-5-3-1-2-4-6-8-10-15-16(12,13)14/h1-10H2,(H2,12,13,14). The average Bonchev–Trinajstić information content (AvgIpc) is 2.19. The lowest BCUT2D eigenvalue weighted by atomic mass is 10.1. The SMILES string of the molecule is O=P(O)(O)OCCCCCCCCCCBr. The number of alkyl halides is 1. The van der Waals surface area contributed by atoms with Crippen LogP contribution >= 0.6 is 23.8 Å². The van der Waals surface area contributed by atoms with E-state index in [0.29, 0.717) is 0 Å². The Balaban J connectivity index is 3.02. The molecular weight excluding hydrogens is 295 g/mol. The second-order valence-corrected chi connectivity index (χ2v) is 5.87. The summed E-state index contributed by atoms with van der Waals surface area (Å²) < 4.78 is 14.7. The van der Waals surface area contributed by atoms with Gasteiger partial charge in [-0.3, -0.25) is 4.52 Å². The van der Waals surface area contributed by atoms with E-state index < -0.39 is 7.82 Å². The molecule has 98 valence electrons. The monoisotopic (exact) mass is 316 g/mol. The highest BCUT2D eigenvalue weighted by atomic mass is 79.9. The number of unbranched alkanes of at least 4 members (excludes halogenated alkanes) is 7. The molecule has 0 aliphatic rings. The minimum atomic E-state index is -4.24. The van der Waals surface area contributed by atoms with E-state index in [1.54, 1.807) is 0 Å². The van der Waals surface area contributed by atoms with Gasteiger partial charge in [0.1, 0.15) is 0 Å². The van der Waals surface area contributed by atoms with Crippen molar-refractivity contribution in [3.05, 3.63) is 0 Å². The maximum Gasteiger partial charge on any atom is 0.469 e. The van der Waals surface area contributed by atoms with Gasteiger partial charge in [0.05, 0.1) is 6.61 Å². The Hall–Kier alpha value is 0.590. The van der Waals surface area contributed by atoms with E-state index in [9.17, 15) is 4.57 Å². The molecule has 0 aromatic carbocycles. The van der Waals surface area contributed by atoms with Gasteiger partial charge in [0.15, 0.2) is 0 Å². The maximum absolute atomic E-state index is 10.3. The first-order chi connectivity index (χ1) is 7.56. The third-order valence-electron chi connectivity index (χ3n) is 2.29. The molecule has 0 aliphatic heterocycles. The number of hydrogen-bond acceptors (Lipinski definition) is 2. The largest absolute Gasteiger partial charge is 0.469 e. The molecule has 0 amide bonds. The van der Waals surface area contributed by atoms with E-state index in [4.69, 9.17) is 9.79 Å². The van der Waals surface area contributed by atoms with Crippen LogP contribution < -0.4 is 0 Å². The number of halogens is 1. The third-order valence-corrected chi connectivity index (χ3v) is 3.37. The lowest BCUT2D eigenvalue weighted by molar-refractivity contribution is 0.193. The quantitative estimate of drug-likeness (QED) is 0.347. The van der Waals surface area contributed by atoms with Gasteiger partial charge in [0, 0.05) is 5.33 Å². The Morgan fingerprint density at radius 2 is 1.31 bits per heavy atom. The average molecular weight is 317 g/mol. The van der Waals surface area contributed by atoms with Crippen LogP contribution in [0.5, 0.6) is 0 Å². The predicted octanol–water partition coefficient (Wildman–Crippen LogP) is 3.61. The molecule has 4 nitrogen and oxygen atoms in total. The van der Waals surface area contributed by atoms with E-state index in [2.05, 4.69) is 20.5 Å². The van der Waals surface area contributed by atoms with Gasteiger partial charge >= 0.3 is 7.82 Å². The molecule has 0 aromatic heterocycles. The highest BCUT2D eigenvalue weighted by molar-refractivity contribution is 9.09. The summed E-state index contributed by atoms with van der Waals surface area (Å²) >= 11 is 3.40. The number of phosphoric ester groups is 1. The molecule has 0 saturated heterocycles. The van der Waals surface area contributed by atoms with Crippen molar-refractivity contribution >= 4 is 23.8 Å². The van der Waals surface area contributed by atoms with E-state index >= 15 is 0 Å². The smallest absolute Gasteiger partial charge is 0.303 e. The van der Waals surface area contributed by atoms with Crippen LogP contribution in [0.25, 0.3) is 0 Å².